The zero-order valence-corrected chi connectivity index (χ0v) is 13.5. The van der Waals surface area contributed by atoms with E-state index in [1.54, 1.807) is 24.3 Å². The van der Waals surface area contributed by atoms with E-state index in [1.165, 1.54) is 0 Å². The van der Waals surface area contributed by atoms with Gasteiger partial charge in [0.1, 0.15) is 5.75 Å². The Labute approximate surface area is 136 Å². The fourth-order valence-corrected chi connectivity index (χ4v) is 2.00. The van der Waals surface area contributed by atoms with Gasteiger partial charge in [0.2, 0.25) is 0 Å². The first-order valence-electron chi connectivity index (χ1n) is 7.39. The molecule has 4 heteroatoms. The van der Waals surface area contributed by atoms with E-state index in [-0.39, 0.29) is 17.8 Å². The highest BCUT2D eigenvalue weighted by atomic mass is 16.3. The molecule has 2 amide bonds. The molecule has 1 unspecified atom stereocenters. The maximum absolute atomic E-state index is 12.0. The Morgan fingerprint density at radius 1 is 1.13 bits per heavy atom. The number of phenolic OH excluding ortho intramolecular Hbond substituents is 1. The average Bonchev–Trinajstić information content (AvgIpc) is 2.50. The Bertz CT molecular complexity index is 755. The lowest BCUT2D eigenvalue weighted by molar-refractivity contribution is 0.251. The van der Waals surface area contributed by atoms with Crippen LogP contribution in [0.1, 0.15) is 23.6 Å². The van der Waals surface area contributed by atoms with Gasteiger partial charge in [-0.05, 0) is 62.2 Å². The average molecular weight is 308 g/mol. The number of phenols is 1. The Balaban J connectivity index is 1.95. The van der Waals surface area contributed by atoms with Crippen molar-refractivity contribution in [2.45, 2.75) is 26.8 Å². The fraction of sp³-hybridized carbons (Fsp3) is 0.211. The molecule has 0 aliphatic carbocycles. The van der Waals surface area contributed by atoms with Crippen molar-refractivity contribution < 1.29 is 9.90 Å². The summed E-state index contributed by atoms with van der Waals surface area (Å²) in [6.45, 7) is 5.74. The van der Waals surface area contributed by atoms with E-state index in [0.29, 0.717) is 0 Å². The van der Waals surface area contributed by atoms with Gasteiger partial charge in [-0.25, -0.2) is 4.79 Å². The minimum atomic E-state index is -0.297. The third-order valence-corrected chi connectivity index (χ3v) is 3.29. The second-order valence-corrected chi connectivity index (χ2v) is 5.45. The van der Waals surface area contributed by atoms with Crippen LogP contribution in [-0.4, -0.2) is 17.2 Å². The molecule has 2 rings (SSSR count). The van der Waals surface area contributed by atoms with E-state index in [1.807, 2.05) is 39.0 Å². The van der Waals surface area contributed by atoms with Gasteiger partial charge in [-0.1, -0.05) is 24.0 Å². The van der Waals surface area contributed by atoms with Gasteiger partial charge in [0.05, 0.1) is 6.04 Å². The standard InChI is InChI=1S/C19H20N2O2/c1-13-4-5-14(2)18(12-13)21-19(23)20-15(3)6-7-16-8-10-17(22)11-9-16/h4-5,8-12,15,22H,1-3H3,(H2,20,21,23). The van der Waals surface area contributed by atoms with E-state index in [4.69, 9.17) is 0 Å². The molecule has 0 aliphatic heterocycles. The molecule has 1 atom stereocenters. The van der Waals surface area contributed by atoms with Crippen LogP contribution in [0.25, 0.3) is 0 Å². The van der Waals surface area contributed by atoms with E-state index in [9.17, 15) is 9.90 Å². The summed E-state index contributed by atoms with van der Waals surface area (Å²) in [7, 11) is 0. The number of aryl methyl sites for hydroxylation is 2. The Morgan fingerprint density at radius 3 is 2.52 bits per heavy atom. The van der Waals surface area contributed by atoms with Crippen LogP contribution in [0, 0.1) is 25.7 Å². The molecule has 0 spiro atoms. The molecule has 4 nitrogen and oxygen atoms in total. The molecule has 0 fully saturated rings. The molecule has 0 heterocycles. The molecule has 118 valence electrons. The summed E-state index contributed by atoms with van der Waals surface area (Å²) in [6.07, 6.45) is 0. The Kier molecular flexibility index (Phi) is 5.27. The topological polar surface area (TPSA) is 61.4 Å². The molecule has 0 aromatic heterocycles. The van der Waals surface area contributed by atoms with E-state index < -0.39 is 0 Å². The SMILES string of the molecule is Cc1ccc(C)c(NC(=O)NC(C)C#Cc2ccc(O)cc2)c1. The van der Waals surface area contributed by atoms with Crippen LogP contribution in [0.4, 0.5) is 10.5 Å². The van der Waals surface area contributed by atoms with Crippen LogP contribution in [0.3, 0.4) is 0 Å². The second-order valence-electron chi connectivity index (χ2n) is 5.45. The zero-order valence-electron chi connectivity index (χ0n) is 13.5. The van der Waals surface area contributed by atoms with E-state index >= 15 is 0 Å². The number of rotatable bonds is 2. The minimum absolute atomic E-state index is 0.203. The number of urea groups is 1. The van der Waals surface area contributed by atoms with Crippen molar-refractivity contribution in [2.24, 2.45) is 0 Å². The van der Waals surface area contributed by atoms with Crippen molar-refractivity contribution in [3.63, 3.8) is 0 Å². The van der Waals surface area contributed by atoms with E-state index in [0.717, 1.165) is 22.4 Å². The van der Waals surface area contributed by atoms with Crippen LogP contribution < -0.4 is 10.6 Å². The Morgan fingerprint density at radius 2 is 1.83 bits per heavy atom. The molecule has 0 saturated carbocycles. The van der Waals surface area contributed by atoms with Crippen LogP contribution in [-0.2, 0) is 0 Å². The van der Waals surface area contributed by atoms with Gasteiger partial charge in [-0.15, -0.1) is 0 Å². The van der Waals surface area contributed by atoms with Crippen molar-refractivity contribution >= 4 is 11.7 Å². The molecule has 2 aromatic rings. The second kappa shape index (κ2) is 7.37. The molecule has 0 aliphatic rings. The van der Waals surface area contributed by atoms with Gasteiger partial charge >= 0.3 is 6.03 Å². The van der Waals surface area contributed by atoms with Gasteiger partial charge in [-0.2, -0.15) is 0 Å². The van der Waals surface area contributed by atoms with Gasteiger partial charge in [0, 0.05) is 11.3 Å². The van der Waals surface area contributed by atoms with E-state index in [2.05, 4.69) is 22.5 Å². The number of hydrogen-bond acceptors (Lipinski definition) is 2. The first kappa shape index (κ1) is 16.4. The number of anilines is 1. The monoisotopic (exact) mass is 308 g/mol. The summed E-state index contributed by atoms with van der Waals surface area (Å²) in [4.78, 5) is 12.0. The number of amides is 2. The predicted octanol–water partition coefficient (Wildman–Crippen LogP) is 3.57. The number of carbonyl (C=O) groups is 1. The summed E-state index contributed by atoms with van der Waals surface area (Å²) < 4.78 is 0. The summed E-state index contributed by atoms with van der Waals surface area (Å²) >= 11 is 0. The lowest BCUT2D eigenvalue weighted by Crippen LogP contribution is -2.35. The third-order valence-electron chi connectivity index (χ3n) is 3.29. The first-order chi connectivity index (χ1) is 10.9. The highest BCUT2D eigenvalue weighted by Gasteiger charge is 2.06. The van der Waals surface area contributed by atoms with Crippen molar-refractivity contribution in [2.75, 3.05) is 5.32 Å². The predicted molar refractivity (Wildman–Crippen MR) is 92.5 cm³/mol. The molecule has 0 saturated heterocycles. The largest absolute Gasteiger partial charge is 0.508 e. The summed E-state index contributed by atoms with van der Waals surface area (Å²) in [5.74, 6) is 6.12. The lowest BCUT2D eigenvalue weighted by atomic mass is 10.1. The molecular weight excluding hydrogens is 288 g/mol. The summed E-state index contributed by atoms with van der Waals surface area (Å²) in [6, 6.07) is 11.9. The number of carbonyl (C=O) groups excluding carboxylic acids is 1. The van der Waals surface area contributed by atoms with Crippen molar-refractivity contribution in [1.29, 1.82) is 0 Å². The van der Waals surface area contributed by atoms with Gasteiger partial charge in [-0.3, -0.25) is 0 Å². The lowest BCUT2D eigenvalue weighted by Gasteiger charge is -2.12. The molecule has 3 N–H and O–H groups in total. The number of aromatic hydroxyl groups is 1. The molecule has 23 heavy (non-hydrogen) atoms. The molecular formula is C19H20N2O2. The highest BCUT2D eigenvalue weighted by molar-refractivity contribution is 5.90. The smallest absolute Gasteiger partial charge is 0.320 e. The number of nitrogens with one attached hydrogen (secondary N) is 2. The van der Waals surface area contributed by atoms with Gasteiger partial charge in [0.25, 0.3) is 0 Å². The summed E-state index contributed by atoms with van der Waals surface area (Å²) in [5.41, 5.74) is 3.67. The zero-order chi connectivity index (χ0) is 16.8. The number of hydrogen-bond donors (Lipinski definition) is 3. The quantitative estimate of drug-likeness (QED) is 0.743. The maximum atomic E-state index is 12.0. The minimum Gasteiger partial charge on any atom is -0.508 e. The number of benzene rings is 2. The Hall–Kier alpha value is -2.93. The molecule has 2 aromatic carbocycles. The van der Waals surface area contributed by atoms with Crippen LogP contribution in [0.5, 0.6) is 5.75 Å². The summed E-state index contributed by atoms with van der Waals surface area (Å²) in [5, 5.41) is 14.8. The van der Waals surface area contributed by atoms with Gasteiger partial charge in [0.15, 0.2) is 0 Å². The van der Waals surface area contributed by atoms with Gasteiger partial charge < -0.3 is 15.7 Å². The van der Waals surface area contributed by atoms with Crippen molar-refractivity contribution in [3.8, 4) is 17.6 Å². The van der Waals surface area contributed by atoms with Crippen molar-refractivity contribution in [3.05, 3.63) is 59.2 Å². The fourth-order valence-electron chi connectivity index (χ4n) is 2.00. The van der Waals surface area contributed by atoms with Crippen LogP contribution in [0.15, 0.2) is 42.5 Å². The van der Waals surface area contributed by atoms with Crippen LogP contribution >= 0.6 is 0 Å². The first-order valence-corrected chi connectivity index (χ1v) is 7.39. The molecule has 0 radical (unpaired) electrons. The normalized spacial score (nSPS) is 11.1. The highest BCUT2D eigenvalue weighted by Crippen LogP contribution is 2.16. The van der Waals surface area contributed by atoms with Crippen molar-refractivity contribution in [1.82, 2.24) is 5.32 Å². The maximum Gasteiger partial charge on any atom is 0.320 e. The van der Waals surface area contributed by atoms with Crippen LogP contribution in [0.2, 0.25) is 0 Å². The third kappa shape index (κ3) is 5.08. The molecule has 0 bridgehead atoms.